The normalized spacial score (nSPS) is 17.3. The van der Waals surface area contributed by atoms with Crippen LogP contribution in [0.2, 0.25) is 0 Å². The summed E-state index contributed by atoms with van der Waals surface area (Å²) in [7, 11) is 1.47. The van der Waals surface area contributed by atoms with Gasteiger partial charge in [0, 0.05) is 48.9 Å². The van der Waals surface area contributed by atoms with Gasteiger partial charge >= 0.3 is 0 Å². The number of amides is 3. The first kappa shape index (κ1) is 19.8. The van der Waals surface area contributed by atoms with Crippen LogP contribution in [-0.4, -0.2) is 57.1 Å². The van der Waals surface area contributed by atoms with Crippen LogP contribution in [-0.2, 0) is 14.4 Å². The van der Waals surface area contributed by atoms with E-state index in [1.807, 2.05) is 25.1 Å². The highest BCUT2D eigenvalue weighted by Gasteiger charge is 2.42. The van der Waals surface area contributed by atoms with E-state index in [2.05, 4.69) is 15.3 Å². The molecule has 3 amide bonds. The van der Waals surface area contributed by atoms with E-state index in [0.717, 1.165) is 28.0 Å². The average Bonchev–Trinajstić information content (AvgIpc) is 2.98. The minimum Gasteiger partial charge on any atom is -0.355 e. The molecule has 0 saturated heterocycles. The third-order valence-electron chi connectivity index (χ3n) is 5.65. The fourth-order valence-corrected chi connectivity index (χ4v) is 3.95. The number of aryl methyl sites for hydroxylation is 1. The summed E-state index contributed by atoms with van der Waals surface area (Å²) in [6.45, 7) is 4.23. The molecule has 0 bridgehead atoms. The first-order valence-electron chi connectivity index (χ1n) is 9.88. The monoisotopic (exact) mass is 405 g/mol. The first-order valence-corrected chi connectivity index (χ1v) is 9.88. The van der Waals surface area contributed by atoms with Gasteiger partial charge in [-0.05, 0) is 44.4 Å². The molecule has 8 heteroatoms. The van der Waals surface area contributed by atoms with Crippen molar-refractivity contribution in [3.8, 4) is 11.1 Å². The van der Waals surface area contributed by atoms with E-state index < -0.39 is 6.04 Å². The Hall–Kier alpha value is -3.55. The van der Waals surface area contributed by atoms with Gasteiger partial charge in [-0.2, -0.15) is 0 Å². The lowest BCUT2D eigenvalue weighted by atomic mass is 10.0. The number of carbonyl (C=O) groups is 3. The third-order valence-corrected chi connectivity index (χ3v) is 5.65. The Labute approximate surface area is 174 Å². The second-order valence-electron chi connectivity index (χ2n) is 7.58. The second-order valence-corrected chi connectivity index (χ2v) is 7.58. The Morgan fingerprint density at radius 2 is 2.03 bits per heavy atom. The van der Waals surface area contributed by atoms with Crippen LogP contribution in [0, 0.1) is 6.92 Å². The van der Waals surface area contributed by atoms with Gasteiger partial charge in [0.15, 0.2) is 0 Å². The van der Waals surface area contributed by atoms with Gasteiger partial charge in [-0.15, -0.1) is 0 Å². The van der Waals surface area contributed by atoms with E-state index in [1.54, 1.807) is 30.4 Å². The summed E-state index contributed by atoms with van der Waals surface area (Å²) >= 11 is 0. The summed E-state index contributed by atoms with van der Waals surface area (Å²) in [4.78, 5) is 49.0. The number of hydrogen-bond acceptors (Lipinski definition) is 6. The Kier molecular flexibility index (Phi) is 5.07. The lowest BCUT2D eigenvalue weighted by Gasteiger charge is -2.33. The fourth-order valence-electron chi connectivity index (χ4n) is 3.95. The molecule has 4 heterocycles. The molecular weight excluding hydrogens is 382 g/mol. The van der Waals surface area contributed by atoms with E-state index in [0.29, 0.717) is 30.1 Å². The number of nitrogens with zero attached hydrogens (tertiary/aromatic N) is 4. The van der Waals surface area contributed by atoms with Gasteiger partial charge in [-0.1, -0.05) is 6.07 Å². The zero-order valence-corrected chi connectivity index (χ0v) is 17.2. The van der Waals surface area contributed by atoms with Crippen molar-refractivity contribution in [1.29, 1.82) is 0 Å². The largest absolute Gasteiger partial charge is 0.355 e. The molecule has 8 nitrogen and oxygen atoms in total. The molecule has 1 N–H and O–H groups in total. The maximum atomic E-state index is 12.9. The number of nitrogens with one attached hydrogen (secondary N) is 1. The molecule has 2 aliphatic heterocycles. The molecule has 0 saturated carbocycles. The van der Waals surface area contributed by atoms with Gasteiger partial charge in [0.1, 0.15) is 17.6 Å². The van der Waals surface area contributed by atoms with Gasteiger partial charge in [-0.3, -0.25) is 24.3 Å². The Morgan fingerprint density at radius 1 is 1.23 bits per heavy atom. The van der Waals surface area contributed by atoms with Crippen LogP contribution < -0.4 is 5.32 Å². The summed E-state index contributed by atoms with van der Waals surface area (Å²) in [5.74, 6) is -0.451. The third kappa shape index (κ3) is 3.34. The number of pyridine rings is 2. The zero-order valence-electron chi connectivity index (χ0n) is 17.2. The standard InChI is InChI=1S/C22H23N5O3/c1-13-10-18(24-12-17(13)15-6-4-8-23-11-15)25-20(28)14(2)27-9-5-7-16-19(27)22(30)26(3)21(16)29/h4,6,8,10-12,14H,5,7,9H2,1-3H3,(H,24,25,28)/t14-/m0/s1. The minimum atomic E-state index is -0.612. The number of likely N-dealkylation sites (N-methyl/N-ethyl adjacent to an activating group) is 1. The number of hydrogen-bond donors (Lipinski definition) is 1. The molecule has 1 atom stereocenters. The Balaban J connectivity index is 1.52. The van der Waals surface area contributed by atoms with Gasteiger partial charge < -0.3 is 10.2 Å². The number of rotatable bonds is 4. The van der Waals surface area contributed by atoms with Crippen LogP contribution >= 0.6 is 0 Å². The van der Waals surface area contributed by atoms with Gasteiger partial charge in [-0.25, -0.2) is 4.98 Å². The van der Waals surface area contributed by atoms with Crippen LogP contribution in [0.25, 0.3) is 11.1 Å². The van der Waals surface area contributed by atoms with Crippen molar-refractivity contribution in [3.05, 3.63) is 53.6 Å². The van der Waals surface area contributed by atoms with E-state index >= 15 is 0 Å². The van der Waals surface area contributed by atoms with Crippen LogP contribution in [0.4, 0.5) is 5.82 Å². The second kappa shape index (κ2) is 7.70. The molecule has 0 aliphatic carbocycles. The SMILES string of the molecule is Cc1cc(NC(=O)[C@H](C)N2CCCC3=C2C(=O)N(C)C3=O)ncc1-c1cccnc1. The van der Waals surface area contributed by atoms with E-state index in [1.165, 1.54) is 7.05 Å². The van der Waals surface area contributed by atoms with Gasteiger partial charge in [0.25, 0.3) is 11.8 Å². The molecule has 0 aromatic carbocycles. The molecule has 30 heavy (non-hydrogen) atoms. The average molecular weight is 405 g/mol. The van der Waals surface area contributed by atoms with E-state index in [9.17, 15) is 14.4 Å². The predicted molar refractivity (Wildman–Crippen MR) is 111 cm³/mol. The number of anilines is 1. The maximum absolute atomic E-state index is 12.9. The van der Waals surface area contributed by atoms with Crippen LogP contribution in [0.5, 0.6) is 0 Å². The zero-order chi connectivity index (χ0) is 21.4. The first-order chi connectivity index (χ1) is 14.4. The number of carbonyl (C=O) groups excluding carboxylic acids is 3. The molecule has 0 radical (unpaired) electrons. The molecule has 2 aromatic rings. The number of aromatic nitrogens is 2. The van der Waals surface area contributed by atoms with E-state index in [-0.39, 0.29) is 17.7 Å². The highest BCUT2D eigenvalue weighted by Crippen LogP contribution is 2.32. The lowest BCUT2D eigenvalue weighted by molar-refractivity contribution is -0.136. The summed E-state index contributed by atoms with van der Waals surface area (Å²) in [5, 5.41) is 2.84. The smallest absolute Gasteiger partial charge is 0.277 e. The van der Waals surface area contributed by atoms with E-state index in [4.69, 9.17) is 0 Å². The van der Waals surface area contributed by atoms with Crippen molar-refractivity contribution in [2.24, 2.45) is 0 Å². The van der Waals surface area contributed by atoms with Crippen molar-refractivity contribution < 1.29 is 14.4 Å². The van der Waals surface area contributed by atoms with Crippen LogP contribution in [0.15, 0.2) is 48.1 Å². The summed E-state index contributed by atoms with van der Waals surface area (Å²) in [6.07, 6.45) is 6.47. The van der Waals surface area contributed by atoms with Crippen LogP contribution in [0.3, 0.4) is 0 Å². The predicted octanol–water partition coefficient (Wildman–Crippen LogP) is 2.13. The minimum absolute atomic E-state index is 0.268. The van der Waals surface area contributed by atoms with Gasteiger partial charge in [0.2, 0.25) is 5.91 Å². The Morgan fingerprint density at radius 3 is 2.73 bits per heavy atom. The van der Waals surface area contributed by atoms with Crippen molar-refractivity contribution in [3.63, 3.8) is 0 Å². The summed E-state index contributed by atoms with van der Waals surface area (Å²) in [5.41, 5.74) is 3.71. The highest BCUT2D eigenvalue weighted by atomic mass is 16.2. The molecule has 0 spiro atoms. The maximum Gasteiger partial charge on any atom is 0.277 e. The molecule has 2 aromatic heterocycles. The number of imide groups is 1. The molecule has 154 valence electrons. The lowest BCUT2D eigenvalue weighted by Crippen LogP contribution is -2.45. The summed E-state index contributed by atoms with van der Waals surface area (Å²) in [6, 6.07) is 5.01. The Bertz CT molecular complexity index is 1060. The molecule has 4 rings (SSSR count). The molecule has 0 fully saturated rings. The molecule has 0 unspecified atom stereocenters. The topological polar surface area (TPSA) is 95.5 Å². The van der Waals surface area contributed by atoms with Crippen molar-refractivity contribution in [2.45, 2.75) is 32.7 Å². The fraction of sp³-hybridized carbons (Fsp3) is 0.318. The van der Waals surface area contributed by atoms with Crippen molar-refractivity contribution in [2.75, 3.05) is 18.9 Å². The van der Waals surface area contributed by atoms with Crippen LogP contribution in [0.1, 0.15) is 25.3 Å². The highest BCUT2D eigenvalue weighted by molar-refractivity contribution is 6.19. The van der Waals surface area contributed by atoms with Crippen molar-refractivity contribution in [1.82, 2.24) is 19.8 Å². The molecular formula is C22H23N5O3. The molecule has 2 aliphatic rings. The van der Waals surface area contributed by atoms with Crippen molar-refractivity contribution >= 4 is 23.5 Å². The van der Waals surface area contributed by atoms with Gasteiger partial charge in [0.05, 0.1) is 0 Å². The summed E-state index contributed by atoms with van der Waals surface area (Å²) < 4.78 is 0. The quantitative estimate of drug-likeness (QED) is 0.783.